The summed E-state index contributed by atoms with van der Waals surface area (Å²) in [7, 11) is 1.84. The zero-order valence-corrected chi connectivity index (χ0v) is 11.1. The largest absolute Gasteiger partial charge is 0.314 e. The van der Waals surface area contributed by atoms with E-state index in [1.54, 1.807) is 17.3 Å². The molecule has 1 amide bonds. The van der Waals surface area contributed by atoms with E-state index in [0.29, 0.717) is 0 Å². The van der Waals surface area contributed by atoms with Crippen LogP contribution in [-0.2, 0) is 4.79 Å². The molecule has 1 unspecified atom stereocenters. The van der Waals surface area contributed by atoms with Crippen LogP contribution < -0.4 is 10.2 Å². The van der Waals surface area contributed by atoms with E-state index in [0.717, 1.165) is 37.9 Å². The molecule has 98 valence electrons. The topological polar surface area (TPSA) is 45.2 Å². The van der Waals surface area contributed by atoms with Crippen molar-refractivity contribution in [3.63, 3.8) is 0 Å². The second-order valence-corrected chi connectivity index (χ2v) is 4.93. The Hall–Kier alpha value is -1.42. The lowest BCUT2D eigenvalue weighted by atomic mass is 9.90. The number of pyridine rings is 1. The van der Waals surface area contributed by atoms with Gasteiger partial charge >= 0.3 is 0 Å². The Morgan fingerprint density at radius 2 is 2.22 bits per heavy atom. The predicted molar refractivity (Wildman–Crippen MR) is 72.5 cm³/mol. The van der Waals surface area contributed by atoms with Crippen LogP contribution in [0, 0.1) is 0 Å². The molecule has 1 aliphatic heterocycles. The molecule has 1 aliphatic rings. The van der Waals surface area contributed by atoms with Crippen molar-refractivity contribution in [2.75, 3.05) is 18.5 Å². The molecule has 18 heavy (non-hydrogen) atoms. The molecule has 0 aliphatic carbocycles. The predicted octanol–water partition coefficient (Wildman–Crippen LogP) is 1.97. The fourth-order valence-corrected chi connectivity index (χ4v) is 2.74. The summed E-state index contributed by atoms with van der Waals surface area (Å²) in [5.74, 6) is 0.174. The Labute approximate surface area is 108 Å². The number of carbonyl (C=O) groups excluding carboxylic acids is 1. The van der Waals surface area contributed by atoms with Gasteiger partial charge in [-0.2, -0.15) is 0 Å². The molecule has 1 saturated heterocycles. The second-order valence-electron chi connectivity index (χ2n) is 4.93. The van der Waals surface area contributed by atoms with Crippen LogP contribution >= 0.6 is 0 Å². The Balaban J connectivity index is 2.19. The number of hydrogen-bond donors (Lipinski definition) is 1. The van der Waals surface area contributed by atoms with E-state index in [-0.39, 0.29) is 11.4 Å². The maximum atomic E-state index is 12.7. The van der Waals surface area contributed by atoms with Crippen molar-refractivity contribution in [3.8, 4) is 0 Å². The Morgan fingerprint density at radius 3 is 2.78 bits per heavy atom. The molecule has 1 fully saturated rings. The van der Waals surface area contributed by atoms with E-state index in [1.807, 2.05) is 19.2 Å². The van der Waals surface area contributed by atoms with Crippen LogP contribution in [0.1, 0.15) is 32.6 Å². The Kier molecular flexibility index (Phi) is 3.97. The molecular weight excluding hydrogens is 226 g/mol. The molecule has 0 bridgehead atoms. The third-order valence-electron chi connectivity index (χ3n) is 3.68. The molecule has 0 aromatic carbocycles. The van der Waals surface area contributed by atoms with Crippen molar-refractivity contribution < 1.29 is 4.79 Å². The van der Waals surface area contributed by atoms with Gasteiger partial charge in [-0.1, -0.05) is 13.3 Å². The zero-order valence-electron chi connectivity index (χ0n) is 11.1. The van der Waals surface area contributed by atoms with Gasteiger partial charge in [-0.25, -0.2) is 0 Å². The smallest absolute Gasteiger partial charge is 0.247 e. The molecule has 0 saturated carbocycles. The number of rotatable bonds is 4. The molecule has 2 heterocycles. The van der Waals surface area contributed by atoms with Gasteiger partial charge in [0.2, 0.25) is 5.91 Å². The number of carbonyl (C=O) groups is 1. The van der Waals surface area contributed by atoms with Gasteiger partial charge in [0, 0.05) is 25.1 Å². The van der Waals surface area contributed by atoms with Gasteiger partial charge in [0.15, 0.2) is 0 Å². The standard InChI is InChI=1S/C14H21N3O/c1-3-7-14(8-4-9-16-14)13(18)17(2)12-5-10-15-11-6-12/h5-6,10-11,16H,3-4,7-9H2,1-2H3. The third-order valence-corrected chi connectivity index (χ3v) is 3.68. The van der Waals surface area contributed by atoms with E-state index in [2.05, 4.69) is 17.2 Å². The minimum Gasteiger partial charge on any atom is -0.314 e. The number of anilines is 1. The van der Waals surface area contributed by atoms with Crippen molar-refractivity contribution >= 4 is 11.6 Å². The summed E-state index contributed by atoms with van der Waals surface area (Å²) >= 11 is 0. The summed E-state index contributed by atoms with van der Waals surface area (Å²) in [6.07, 6.45) is 7.37. The van der Waals surface area contributed by atoms with Gasteiger partial charge in [0.25, 0.3) is 0 Å². The van der Waals surface area contributed by atoms with E-state index < -0.39 is 0 Å². The van der Waals surface area contributed by atoms with Gasteiger partial charge in [-0.05, 0) is 37.9 Å². The summed E-state index contributed by atoms with van der Waals surface area (Å²) in [4.78, 5) is 18.4. The van der Waals surface area contributed by atoms with Gasteiger partial charge in [-0.3, -0.25) is 9.78 Å². The highest BCUT2D eigenvalue weighted by Gasteiger charge is 2.41. The van der Waals surface area contributed by atoms with Gasteiger partial charge in [-0.15, -0.1) is 0 Å². The monoisotopic (exact) mass is 247 g/mol. The maximum Gasteiger partial charge on any atom is 0.247 e. The molecule has 4 nitrogen and oxygen atoms in total. The average Bonchev–Trinajstić information content (AvgIpc) is 2.88. The fraction of sp³-hybridized carbons (Fsp3) is 0.571. The number of likely N-dealkylation sites (N-methyl/N-ethyl adjacent to an activating group) is 1. The number of hydrogen-bond acceptors (Lipinski definition) is 3. The molecule has 0 spiro atoms. The summed E-state index contributed by atoms with van der Waals surface area (Å²) in [5.41, 5.74) is 0.548. The first kappa shape index (κ1) is 13.0. The SMILES string of the molecule is CCCC1(C(=O)N(C)c2ccncc2)CCCN1. The maximum absolute atomic E-state index is 12.7. The quantitative estimate of drug-likeness (QED) is 0.884. The Bertz CT molecular complexity index is 399. The van der Waals surface area contributed by atoms with Crippen molar-refractivity contribution in [1.82, 2.24) is 10.3 Å². The summed E-state index contributed by atoms with van der Waals surface area (Å²) in [6.45, 7) is 3.07. The number of nitrogens with zero attached hydrogens (tertiary/aromatic N) is 2. The second kappa shape index (κ2) is 5.48. The van der Waals surface area contributed by atoms with E-state index >= 15 is 0 Å². The van der Waals surface area contributed by atoms with Crippen LogP contribution in [0.25, 0.3) is 0 Å². The molecule has 1 atom stereocenters. The zero-order chi connectivity index (χ0) is 13.0. The summed E-state index contributed by atoms with van der Waals surface area (Å²) in [5, 5.41) is 3.41. The van der Waals surface area contributed by atoms with Crippen LogP contribution in [0.2, 0.25) is 0 Å². The molecule has 1 aromatic rings. The van der Waals surface area contributed by atoms with Crippen molar-refractivity contribution in [3.05, 3.63) is 24.5 Å². The normalized spacial score (nSPS) is 23.0. The lowest BCUT2D eigenvalue weighted by molar-refractivity contribution is -0.124. The van der Waals surface area contributed by atoms with E-state index in [9.17, 15) is 4.79 Å². The van der Waals surface area contributed by atoms with E-state index in [4.69, 9.17) is 0 Å². The number of nitrogens with one attached hydrogen (secondary N) is 1. The minimum atomic E-state index is -0.354. The van der Waals surface area contributed by atoms with Crippen molar-refractivity contribution in [2.45, 2.75) is 38.1 Å². The summed E-state index contributed by atoms with van der Waals surface area (Å²) in [6, 6.07) is 3.74. The fourth-order valence-electron chi connectivity index (χ4n) is 2.74. The molecule has 1 N–H and O–H groups in total. The van der Waals surface area contributed by atoms with Crippen LogP contribution in [-0.4, -0.2) is 30.0 Å². The molecule has 4 heteroatoms. The van der Waals surface area contributed by atoms with Gasteiger partial charge in [0.1, 0.15) is 0 Å². The lowest BCUT2D eigenvalue weighted by Crippen LogP contribution is -2.54. The third kappa shape index (κ3) is 2.38. The highest BCUT2D eigenvalue weighted by Crippen LogP contribution is 2.28. The highest BCUT2D eigenvalue weighted by molar-refractivity contribution is 6.00. The number of aromatic nitrogens is 1. The van der Waals surface area contributed by atoms with Crippen LogP contribution in [0.4, 0.5) is 5.69 Å². The first-order valence-corrected chi connectivity index (χ1v) is 6.63. The molecule has 1 aromatic heterocycles. The van der Waals surface area contributed by atoms with Crippen molar-refractivity contribution in [2.24, 2.45) is 0 Å². The molecular formula is C14H21N3O. The lowest BCUT2D eigenvalue weighted by Gasteiger charge is -2.32. The molecule has 0 radical (unpaired) electrons. The Morgan fingerprint density at radius 1 is 1.50 bits per heavy atom. The first-order valence-electron chi connectivity index (χ1n) is 6.63. The van der Waals surface area contributed by atoms with Crippen molar-refractivity contribution in [1.29, 1.82) is 0 Å². The van der Waals surface area contributed by atoms with Gasteiger partial charge < -0.3 is 10.2 Å². The van der Waals surface area contributed by atoms with E-state index in [1.165, 1.54) is 0 Å². The molecule has 2 rings (SSSR count). The van der Waals surface area contributed by atoms with Gasteiger partial charge in [0.05, 0.1) is 5.54 Å². The highest BCUT2D eigenvalue weighted by atomic mass is 16.2. The average molecular weight is 247 g/mol. The number of amides is 1. The van der Waals surface area contributed by atoms with Crippen LogP contribution in [0.15, 0.2) is 24.5 Å². The van der Waals surface area contributed by atoms with Crippen LogP contribution in [0.5, 0.6) is 0 Å². The minimum absolute atomic E-state index is 0.174. The van der Waals surface area contributed by atoms with Crippen LogP contribution in [0.3, 0.4) is 0 Å². The first-order chi connectivity index (χ1) is 8.69. The summed E-state index contributed by atoms with van der Waals surface area (Å²) < 4.78 is 0.